The highest BCUT2D eigenvalue weighted by Crippen LogP contribution is 2.39. The number of carbonyl (C=O) groups excluding carboxylic acids is 2. The summed E-state index contributed by atoms with van der Waals surface area (Å²) in [7, 11) is 0. The van der Waals surface area contributed by atoms with Crippen LogP contribution in [0.3, 0.4) is 0 Å². The van der Waals surface area contributed by atoms with Gasteiger partial charge < -0.3 is 15.0 Å². The van der Waals surface area contributed by atoms with Gasteiger partial charge in [0.2, 0.25) is 5.96 Å². The average Bonchev–Trinajstić information content (AvgIpc) is 3.34. The lowest BCUT2D eigenvalue weighted by atomic mass is 9.71. The van der Waals surface area contributed by atoms with Gasteiger partial charge in [0.05, 0.1) is 0 Å². The minimum absolute atomic E-state index is 0.0346. The molecule has 1 aliphatic carbocycles. The van der Waals surface area contributed by atoms with E-state index in [2.05, 4.69) is 52.3 Å². The first kappa shape index (κ1) is 29.0. The molecule has 4 N–H and O–H groups in total. The fourth-order valence-corrected chi connectivity index (χ4v) is 4.90. The number of halogens is 3. The van der Waals surface area contributed by atoms with Crippen molar-refractivity contribution >= 4 is 23.6 Å². The number of amides is 3. The van der Waals surface area contributed by atoms with Crippen LogP contribution >= 0.6 is 0 Å². The molecule has 10 nitrogen and oxygen atoms in total. The third-order valence-electron chi connectivity index (χ3n) is 7.12. The number of hydrazone groups is 1. The first-order valence-electron chi connectivity index (χ1n) is 13.0. The second-order valence-electron chi connectivity index (χ2n) is 10.9. The molecule has 1 fully saturated rings. The van der Waals surface area contributed by atoms with E-state index in [9.17, 15) is 22.8 Å². The van der Waals surface area contributed by atoms with Gasteiger partial charge in [0.15, 0.2) is 0 Å². The number of guanidine groups is 1. The molecule has 13 heteroatoms. The zero-order valence-corrected chi connectivity index (χ0v) is 22.6. The third-order valence-corrected chi connectivity index (χ3v) is 7.12. The molecule has 1 aliphatic heterocycles. The van der Waals surface area contributed by atoms with Crippen molar-refractivity contribution in [3.05, 3.63) is 60.2 Å². The van der Waals surface area contributed by atoms with Crippen LogP contribution in [0.5, 0.6) is 5.75 Å². The van der Waals surface area contributed by atoms with E-state index in [4.69, 9.17) is 0 Å². The number of hydrogen-bond acceptors (Lipinski definition) is 7. The molecule has 0 bridgehead atoms. The molecule has 2 aromatic carbocycles. The van der Waals surface area contributed by atoms with E-state index in [1.807, 2.05) is 0 Å². The van der Waals surface area contributed by atoms with Gasteiger partial charge in [0, 0.05) is 17.3 Å². The summed E-state index contributed by atoms with van der Waals surface area (Å²) < 4.78 is 41.5. The quantitative estimate of drug-likeness (QED) is 0.395. The molecule has 4 rings (SSSR count). The van der Waals surface area contributed by atoms with Crippen molar-refractivity contribution in [1.82, 2.24) is 26.3 Å². The lowest BCUT2D eigenvalue weighted by Gasteiger charge is -2.42. The van der Waals surface area contributed by atoms with Crippen molar-refractivity contribution < 1.29 is 27.5 Å². The molecule has 3 amide bonds. The van der Waals surface area contributed by atoms with Crippen molar-refractivity contribution in [1.29, 1.82) is 0 Å². The van der Waals surface area contributed by atoms with Crippen LogP contribution in [0.2, 0.25) is 0 Å². The standard InChI is InChI=1S/C27H34F3N7O3/c1-26(2,3)19-9-13-21(14-10-19)36(25(39)31-20-11-15-22(16-12-20)40-27(28,29)30)17-37-24(33-34-35-37)32-23(38)18-7-5-4-6-8-18/h4-8,11-12,15-16,19,21,34-35H,9-10,13-14,17H2,1-3H3,(H,31,39)(H,32,33,38). The number of ether oxygens (including phenoxy) is 1. The fourth-order valence-electron chi connectivity index (χ4n) is 4.90. The number of rotatable bonds is 6. The molecule has 0 saturated heterocycles. The maximum atomic E-state index is 13.5. The minimum Gasteiger partial charge on any atom is -0.406 e. The molecule has 0 unspecified atom stereocenters. The van der Waals surface area contributed by atoms with Crippen molar-refractivity contribution in [3.63, 3.8) is 0 Å². The molecule has 0 atom stereocenters. The van der Waals surface area contributed by atoms with Gasteiger partial charge in [-0.25, -0.2) is 15.3 Å². The Hall–Kier alpha value is -4.00. The number of nitrogens with zero attached hydrogens (tertiary/aromatic N) is 3. The van der Waals surface area contributed by atoms with E-state index in [1.165, 1.54) is 17.1 Å². The molecule has 0 aromatic heterocycles. The van der Waals surface area contributed by atoms with Gasteiger partial charge in [0.25, 0.3) is 5.91 Å². The van der Waals surface area contributed by atoms with Gasteiger partial charge in [-0.2, -0.15) is 0 Å². The van der Waals surface area contributed by atoms with E-state index in [0.29, 0.717) is 17.2 Å². The lowest BCUT2D eigenvalue weighted by molar-refractivity contribution is -0.274. The largest absolute Gasteiger partial charge is 0.573 e. The molecule has 216 valence electrons. The van der Waals surface area contributed by atoms with Crippen molar-refractivity contribution in [3.8, 4) is 5.75 Å². The summed E-state index contributed by atoms with van der Waals surface area (Å²) in [6.45, 7) is 6.68. The minimum atomic E-state index is -4.81. The average molecular weight is 562 g/mol. The Morgan fingerprint density at radius 3 is 2.25 bits per heavy atom. The fraction of sp³-hybridized carbons (Fsp3) is 0.444. The van der Waals surface area contributed by atoms with E-state index in [-0.39, 0.29) is 35.7 Å². The van der Waals surface area contributed by atoms with Gasteiger partial charge in [-0.05, 0) is 73.4 Å². The number of hydrogen-bond donors (Lipinski definition) is 4. The van der Waals surface area contributed by atoms with Gasteiger partial charge >= 0.3 is 12.4 Å². The summed E-state index contributed by atoms with van der Waals surface area (Å²) in [5.41, 5.74) is 6.36. The monoisotopic (exact) mass is 561 g/mol. The number of alkyl halides is 3. The van der Waals surface area contributed by atoms with E-state index in [0.717, 1.165) is 37.8 Å². The second-order valence-corrected chi connectivity index (χ2v) is 10.9. The third kappa shape index (κ3) is 7.78. The number of hydrazine groups is 2. The van der Waals surface area contributed by atoms with Crippen LogP contribution in [0.4, 0.5) is 23.7 Å². The maximum Gasteiger partial charge on any atom is 0.573 e. The number of anilines is 1. The molecule has 1 saturated carbocycles. The second kappa shape index (κ2) is 12.0. The van der Waals surface area contributed by atoms with Crippen LogP contribution in [0.1, 0.15) is 56.8 Å². The lowest BCUT2D eigenvalue weighted by Crippen LogP contribution is -2.57. The first-order valence-corrected chi connectivity index (χ1v) is 13.0. The molecule has 2 aromatic rings. The van der Waals surface area contributed by atoms with Gasteiger partial charge in [-0.1, -0.05) is 39.0 Å². The highest BCUT2D eigenvalue weighted by Gasteiger charge is 2.36. The zero-order valence-electron chi connectivity index (χ0n) is 22.6. The van der Waals surface area contributed by atoms with Crippen LogP contribution in [-0.4, -0.2) is 46.9 Å². The van der Waals surface area contributed by atoms with Gasteiger partial charge in [-0.15, -0.1) is 23.8 Å². The normalized spacial score (nSPS) is 19.4. The van der Waals surface area contributed by atoms with Gasteiger partial charge in [-0.3, -0.25) is 10.1 Å². The van der Waals surface area contributed by atoms with E-state index < -0.39 is 12.4 Å². The van der Waals surface area contributed by atoms with E-state index >= 15 is 0 Å². The summed E-state index contributed by atoms with van der Waals surface area (Å²) in [5, 5.41) is 11.1. The molecule has 40 heavy (non-hydrogen) atoms. The Labute approximate surface area is 230 Å². The molecular weight excluding hydrogens is 527 g/mol. The number of urea groups is 1. The first-order chi connectivity index (χ1) is 18.9. The highest BCUT2D eigenvalue weighted by molar-refractivity contribution is 6.05. The molecule has 0 radical (unpaired) electrons. The Morgan fingerprint density at radius 2 is 1.65 bits per heavy atom. The van der Waals surface area contributed by atoms with Crippen LogP contribution in [0.25, 0.3) is 0 Å². The highest BCUT2D eigenvalue weighted by atomic mass is 19.4. The topological polar surface area (TPSA) is 110 Å². The SMILES string of the molecule is CC(C)(C)C1CCC(N(CN2NNN=C2NC(=O)c2ccccc2)C(=O)Nc2ccc(OC(F)(F)F)cc2)CC1. The summed E-state index contributed by atoms with van der Waals surface area (Å²) in [6.07, 6.45) is -1.37. The van der Waals surface area contributed by atoms with Crippen molar-refractivity contribution in [2.45, 2.75) is 58.9 Å². The smallest absolute Gasteiger partial charge is 0.406 e. The Kier molecular flexibility index (Phi) is 8.72. The number of benzene rings is 2. The maximum absolute atomic E-state index is 13.5. The van der Waals surface area contributed by atoms with Gasteiger partial charge in [0.1, 0.15) is 12.4 Å². The van der Waals surface area contributed by atoms with Crippen LogP contribution in [0, 0.1) is 11.3 Å². The predicted molar refractivity (Wildman–Crippen MR) is 144 cm³/mol. The summed E-state index contributed by atoms with van der Waals surface area (Å²) in [6, 6.07) is 13.1. The molecule has 2 aliphatic rings. The predicted octanol–water partition coefficient (Wildman–Crippen LogP) is 5.01. The summed E-state index contributed by atoms with van der Waals surface area (Å²) in [4.78, 5) is 27.9. The summed E-state index contributed by atoms with van der Waals surface area (Å²) in [5.74, 6) is -0.0460. The van der Waals surface area contributed by atoms with Crippen LogP contribution < -0.4 is 26.4 Å². The van der Waals surface area contributed by atoms with Crippen LogP contribution in [0.15, 0.2) is 59.7 Å². The molecule has 0 spiro atoms. The van der Waals surface area contributed by atoms with E-state index in [1.54, 1.807) is 35.2 Å². The summed E-state index contributed by atoms with van der Waals surface area (Å²) >= 11 is 0. The Balaban J connectivity index is 1.47. The molecule has 1 heterocycles. The van der Waals surface area contributed by atoms with Crippen LogP contribution in [-0.2, 0) is 0 Å². The Bertz CT molecular complexity index is 1190. The number of nitrogens with one attached hydrogen (secondary N) is 4. The molecular formula is C27H34F3N7O3. The Morgan fingerprint density at radius 1 is 1.00 bits per heavy atom. The number of carbonyl (C=O) groups is 2. The zero-order chi connectivity index (χ0) is 28.9. The van der Waals surface area contributed by atoms with Crippen molar-refractivity contribution in [2.75, 3.05) is 12.0 Å². The van der Waals surface area contributed by atoms with Crippen molar-refractivity contribution in [2.24, 2.45) is 16.4 Å².